The first-order valence-electron chi connectivity index (χ1n) is 7.96. The minimum atomic E-state index is -0.188. The van der Waals surface area contributed by atoms with Crippen LogP contribution in [0, 0.1) is 0 Å². The number of halogens is 1. The van der Waals surface area contributed by atoms with Crippen LogP contribution in [0.5, 0.6) is 0 Å². The Labute approximate surface area is 155 Å². The number of rotatable bonds is 5. The molecule has 0 saturated carbocycles. The lowest BCUT2D eigenvalue weighted by molar-refractivity contribution is 0.0935. The first-order valence-corrected chi connectivity index (χ1v) is 8.75. The Morgan fingerprint density at radius 3 is 2.28 bits per heavy atom. The highest BCUT2D eigenvalue weighted by Gasteiger charge is 2.12. The summed E-state index contributed by atoms with van der Waals surface area (Å²) in [5.41, 5.74) is 3.24. The third kappa shape index (κ3) is 4.67. The molecule has 0 bridgehead atoms. The van der Waals surface area contributed by atoms with Crippen molar-refractivity contribution in [3.8, 4) is 0 Å². The molecule has 0 spiro atoms. The van der Waals surface area contributed by atoms with E-state index in [-0.39, 0.29) is 11.9 Å². The fourth-order valence-corrected chi connectivity index (χ4v) is 2.66. The molecule has 1 unspecified atom stereocenters. The highest BCUT2D eigenvalue weighted by atomic mass is 79.9. The van der Waals surface area contributed by atoms with Crippen molar-refractivity contribution < 1.29 is 4.79 Å². The van der Waals surface area contributed by atoms with Gasteiger partial charge in [-0.3, -0.25) is 4.79 Å². The Bertz CT molecular complexity index is 833. The third-order valence-electron chi connectivity index (χ3n) is 3.78. The zero-order valence-electron chi connectivity index (χ0n) is 13.7. The SMILES string of the molecule is CC(NC(=O)c1ccc(Nc2ccc(Br)cc2)cn1)c1ccccc1. The molecule has 0 aliphatic heterocycles. The smallest absolute Gasteiger partial charge is 0.270 e. The van der Waals surface area contributed by atoms with Gasteiger partial charge in [-0.05, 0) is 48.9 Å². The number of nitrogens with zero attached hydrogens (tertiary/aromatic N) is 1. The average Bonchev–Trinajstić information content (AvgIpc) is 2.65. The number of benzene rings is 2. The standard InChI is InChI=1S/C20H18BrN3O/c1-14(15-5-3-2-4-6-15)23-20(25)19-12-11-18(13-22-19)24-17-9-7-16(21)8-10-17/h2-14,24H,1H3,(H,23,25). The Morgan fingerprint density at radius 2 is 1.64 bits per heavy atom. The van der Waals surface area contributed by atoms with E-state index in [2.05, 4.69) is 31.5 Å². The highest BCUT2D eigenvalue weighted by molar-refractivity contribution is 9.10. The van der Waals surface area contributed by atoms with Crippen LogP contribution >= 0.6 is 15.9 Å². The molecule has 5 heteroatoms. The van der Waals surface area contributed by atoms with Crippen LogP contribution in [0.4, 0.5) is 11.4 Å². The largest absolute Gasteiger partial charge is 0.354 e. The molecule has 3 aromatic rings. The van der Waals surface area contributed by atoms with Crippen molar-refractivity contribution in [2.75, 3.05) is 5.32 Å². The summed E-state index contributed by atoms with van der Waals surface area (Å²) in [5, 5.41) is 6.21. The van der Waals surface area contributed by atoms with Crippen molar-refractivity contribution >= 4 is 33.2 Å². The number of carbonyl (C=O) groups is 1. The van der Waals surface area contributed by atoms with Crippen LogP contribution in [0.25, 0.3) is 0 Å². The second kappa shape index (κ2) is 7.94. The molecule has 1 heterocycles. The minimum Gasteiger partial charge on any atom is -0.354 e. The molecule has 1 atom stereocenters. The van der Waals surface area contributed by atoms with E-state index in [1.165, 1.54) is 0 Å². The molecule has 126 valence electrons. The van der Waals surface area contributed by atoms with Gasteiger partial charge < -0.3 is 10.6 Å². The Hall–Kier alpha value is -2.66. The van der Waals surface area contributed by atoms with Gasteiger partial charge in [0.2, 0.25) is 0 Å². The predicted molar refractivity (Wildman–Crippen MR) is 104 cm³/mol. The summed E-state index contributed by atoms with van der Waals surface area (Å²) < 4.78 is 1.02. The maximum Gasteiger partial charge on any atom is 0.270 e. The van der Waals surface area contributed by atoms with E-state index < -0.39 is 0 Å². The summed E-state index contributed by atoms with van der Waals surface area (Å²) in [6, 6.07) is 21.2. The molecule has 1 amide bonds. The van der Waals surface area contributed by atoms with Crippen LogP contribution in [-0.4, -0.2) is 10.9 Å². The van der Waals surface area contributed by atoms with Crippen LogP contribution in [0.15, 0.2) is 77.4 Å². The summed E-state index contributed by atoms with van der Waals surface area (Å²) in [5.74, 6) is -0.188. The molecule has 2 aromatic carbocycles. The molecule has 0 aliphatic rings. The monoisotopic (exact) mass is 395 g/mol. The lowest BCUT2D eigenvalue weighted by Gasteiger charge is -2.14. The van der Waals surface area contributed by atoms with Crippen molar-refractivity contribution in [3.63, 3.8) is 0 Å². The van der Waals surface area contributed by atoms with Gasteiger partial charge in [0, 0.05) is 10.2 Å². The van der Waals surface area contributed by atoms with E-state index in [0.717, 1.165) is 21.4 Å². The fraction of sp³-hybridized carbons (Fsp3) is 0.100. The van der Waals surface area contributed by atoms with Crippen LogP contribution < -0.4 is 10.6 Å². The number of pyridine rings is 1. The number of nitrogens with one attached hydrogen (secondary N) is 2. The second-order valence-corrected chi connectivity index (χ2v) is 6.59. The van der Waals surface area contributed by atoms with E-state index in [9.17, 15) is 4.79 Å². The highest BCUT2D eigenvalue weighted by Crippen LogP contribution is 2.19. The van der Waals surface area contributed by atoms with E-state index in [1.54, 1.807) is 12.3 Å². The molecule has 0 radical (unpaired) electrons. The molecule has 2 N–H and O–H groups in total. The number of carbonyl (C=O) groups excluding carboxylic acids is 1. The van der Waals surface area contributed by atoms with Crippen LogP contribution in [0.1, 0.15) is 29.0 Å². The van der Waals surface area contributed by atoms with Gasteiger partial charge in [-0.2, -0.15) is 0 Å². The minimum absolute atomic E-state index is 0.0731. The molecule has 25 heavy (non-hydrogen) atoms. The number of hydrogen-bond donors (Lipinski definition) is 2. The van der Waals surface area contributed by atoms with E-state index in [0.29, 0.717) is 5.69 Å². The normalized spacial score (nSPS) is 11.6. The van der Waals surface area contributed by atoms with E-state index >= 15 is 0 Å². The first kappa shape index (κ1) is 17.2. The molecular weight excluding hydrogens is 378 g/mol. The van der Waals surface area contributed by atoms with E-state index in [1.807, 2.05) is 67.6 Å². The molecule has 0 saturated heterocycles. The molecular formula is C20H18BrN3O. The maximum atomic E-state index is 12.3. The van der Waals surface area contributed by atoms with Crippen molar-refractivity contribution in [1.82, 2.24) is 10.3 Å². The van der Waals surface area contributed by atoms with Gasteiger partial charge in [-0.25, -0.2) is 4.98 Å². The Morgan fingerprint density at radius 1 is 0.960 bits per heavy atom. The maximum absolute atomic E-state index is 12.3. The summed E-state index contributed by atoms with van der Waals surface area (Å²) in [7, 11) is 0. The van der Waals surface area contributed by atoms with Crippen LogP contribution in [0.3, 0.4) is 0 Å². The third-order valence-corrected chi connectivity index (χ3v) is 4.30. The average molecular weight is 396 g/mol. The number of hydrogen-bond acceptors (Lipinski definition) is 3. The first-order chi connectivity index (χ1) is 12.1. The van der Waals surface area contributed by atoms with Crippen molar-refractivity contribution in [2.24, 2.45) is 0 Å². The number of anilines is 2. The molecule has 1 aromatic heterocycles. The molecule has 0 aliphatic carbocycles. The van der Waals surface area contributed by atoms with Crippen LogP contribution in [-0.2, 0) is 0 Å². The zero-order valence-corrected chi connectivity index (χ0v) is 15.3. The molecule has 0 fully saturated rings. The van der Waals surface area contributed by atoms with Gasteiger partial charge in [0.25, 0.3) is 5.91 Å². The van der Waals surface area contributed by atoms with Gasteiger partial charge in [-0.15, -0.1) is 0 Å². The lowest BCUT2D eigenvalue weighted by atomic mass is 10.1. The van der Waals surface area contributed by atoms with Gasteiger partial charge in [0.1, 0.15) is 5.69 Å². The zero-order chi connectivity index (χ0) is 17.6. The van der Waals surface area contributed by atoms with E-state index in [4.69, 9.17) is 0 Å². The van der Waals surface area contributed by atoms with Gasteiger partial charge in [0.05, 0.1) is 17.9 Å². The van der Waals surface area contributed by atoms with Crippen molar-refractivity contribution in [1.29, 1.82) is 0 Å². The summed E-state index contributed by atoms with van der Waals surface area (Å²) in [6.07, 6.45) is 1.66. The molecule has 4 nitrogen and oxygen atoms in total. The summed E-state index contributed by atoms with van der Waals surface area (Å²) in [6.45, 7) is 1.96. The van der Waals surface area contributed by atoms with Gasteiger partial charge >= 0.3 is 0 Å². The quantitative estimate of drug-likeness (QED) is 0.633. The lowest BCUT2D eigenvalue weighted by Crippen LogP contribution is -2.27. The predicted octanol–water partition coefficient (Wildman–Crippen LogP) is 5.08. The van der Waals surface area contributed by atoms with Gasteiger partial charge in [-0.1, -0.05) is 46.3 Å². The topological polar surface area (TPSA) is 54.0 Å². The molecule has 3 rings (SSSR count). The van der Waals surface area contributed by atoms with Crippen molar-refractivity contribution in [3.05, 3.63) is 88.7 Å². The van der Waals surface area contributed by atoms with Crippen molar-refractivity contribution in [2.45, 2.75) is 13.0 Å². The Balaban J connectivity index is 1.63. The summed E-state index contributed by atoms with van der Waals surface area (Å²) in [4.78, 5) is 16.6. The fourth-order valence-electron chi connectivity index (χ4n) is 2.40. The second-order valence-electron chi connectivity index (χ2n) is 5.67. The summed E-state index contributed by atoms with van der Waals surface area (Å²) >= 11 is 3.41. The van der Waals surface area contributed by atoms with Gasteiger partial charge in [0.15, 0.2) is 0 Å². The number of amides is 1. The Kier molecular flexibility index (Phi) is 5.46. The number of aromatic nitrogens is 1. The van der Waals surface area contributed by atoms with Crippen LogP contribution in [0.2, 0.25) is 0 Å².